The smallest absolute Gasteiger partial charge is 0.465 e. The molecule has 1 aromatic rings. The van der Waals surface area contributed by atoms with Crippen molar-refractivity contribution in [2.24, 2.45) is 0 Å². The number of furan rings is 1. The van der Waals surface area contributed by atoms with E-state index in [0.717, 1.165) is 0 Å². The third-order valence-electron chi connectivity index (χ3n) is 2.26. The molecule has 21 heavy (non-hydrogen) atoms. The molecule has 0 aromatic carbocycles. The highest BCUT2D eigenvalue weighted by molar-refractivity contribution is 5.89. The highest BCUT2D eigenvalue weighted by Crippen LogP contribution is 2.27. The van der Waals surface area contributed by atoms with Gasteiger partial charge in [0, 0.05) is 0 Å². The van der Waals surface area contributed by atoms with Gasteiger partial charge in [0.1, 0.15) is 11.4 Å². The lowest BCUT2D eigenvalue weighted by atomic mass is 10.1. The molecule has 0 aliphatic rings. The van der Waals surface area contributed by atoms with Crippen molar-refractivity contribution in [2.75, 3.05) is 6.61 Å². The summed E-state index contributed by atoms with van der Waals surface area (Å²) in [5.74, 6) is -0.402. The van der Waals surface area contributed by atoms with E-state index in [1.54, 1.807) is 39.8 Å². The van der Waals surface area contributed by atoms with Gasteiger partial charge in [0.15, 0.2) is 6.10 Å². The van der Waals surface area contributed by atoms with Gasteiger partial charge in [-0.15, -0.1) is 0 Å². The predicted octanol–water partition coefficient (Wildman–Crippen LogP) is 3.39. The standard InChI is InChI=1S/C15H20O6/c1-6-18-13(16)10(2)12(11-8-7-9-19-11)20-14(17)21-15(3,4)5/h7-9,12H,2,6H2,1,3-5H3. The van der Waals surface area contributed by atoms with Crippen LogP contribution in [-0.4, -0.2) is 24.3 Å². The summed E-state index contributed by atoms with van der Waals surface area (Å²) in [6.45, 7) is 10.6. The summed E-state index contributed by atoms with van der Waals surface area (Å²) in [6, 6.07) is 3.18. The first-order chi connectivity index (χ1) is 9.74. The Kier molecular flexibility index (Phi) is 5.58. The van der Waals surface area contributed by atoms with Crippen LogP contribution in [0.25, 0.3) is 0 Å². The average molecular weight is 296 g/mol. The van der Waals surface area contributed by atoms with E-state index in [4.69, 9.17) is 18.6 Å². The van der Waals surface area contributed by atoms with Crippen LogP contribution < -0.4 is 0 Å². The van der Waals surface area contributed by atoms with Crippen molar-refractivity contribution in [1.29, 1.82) is 0 Å². The van der Waals surface area contributed by atoms with Crippen molar-refractivity contribution in [2.45, 2.75) is 39.4 Å². The minimum atomic E-state index is -1.09. The quantitative estimate of drug-likeness (QED) is 0.612. The topological polar surface area (TPSA) is 75.0 Å². The number of rotatable bonds is 5. The molecule has 1 atom stereocenters. The maximum Gasteiger partial charge on any atom is 0.509 e. The normalized spacial score (nSPS) is 12.4. The van der Waals surface area contributed by atoms with Gasteiger partial charge >= 0.3 is 12.1 Å². The number of carbonyl (C=O) groups is 2. The molecule has 1 aromatic heterocycles. The molecular formula is C15H20O6. The van der Waals surface area contributed by atoms with Crippen molar-refractivity contribution >= 4 is 12.1 Å². The maximum absolute atomic E-state index is 11.8. The van der Waals surface area contributed by atoms with Gasteiger partial charge in [-0.2, -0.15) is 0 Å². The molecule has 1 heterocycles. The van der Waals surface area contributed by atoms with Gasteiger partial charge < -0.3 is 18.6 Å². The van der Waals surface area contributed by atoms with Gasteiger partial charge in [-0.25, -0.2) is 9.59 Å². The maximum atomic E-state index is 11.8. The third kappa shape index (κ3) is 5.33. The van der Waals surface area contributed by atoms with Gasteiger partial charge in [0.05, 0.1) is 18.4 Å². The lowest BCUT2D eigenvalue weighted by Gasteiger charge is -2.22. The van der Waals surface area contributed by atoms with Crippen LogP contribution in [0.4, 0.5) is 4.79 Å². The van der Waals surface area contributed by atoms with Crippen LogP contribution >= 0.6 is 0 Å². The molecular weight excluding hydrogens is 276 g/mol. The van der Waals surface area contributed by atoms with E-state index in [2.05, 4.69) is 6.58 Å². The van der Waals surface area contributed by atoms with Gasteiger partial charge in [0.25, 0.3) is 0 Å². The van der Waals surface area contributed by atoms with Crippen molar-refractivity contribution < 1.29 is 28.2 Å². The van der Waals surface area contributed by atoms with Gasteiger partial charge in [-0.3, -0.25) is 0 Å². The van der Waals surface area contributed by atoms with Crippen LogP contribution in [0.3, 0.4) is 0 Å². The average Bonchev–Trinajstić information content (AvgIpc) is 2.86. The fourth-order valence-electron chi connectivity index (χ4n) is 1.44. The lowest BCUT2D eigenvalue weighted by Crippen LogP contribution is -2.27. The second-order valence-corrected chi connectivity index (χ2v) is 5.22. The lowest BCUT2D eigenvalue weighted by molar-refractivity contribution is -0.140. The van der Waals surface area contributed by atoms with Crippen molar-refractivity contribution in [3.05, 3.63) is 36.3 Å². The summed E-state index contributed by atoms with van der Waals surface area (Å²) in [7, 11) is 0. The number of hydrogen-bond donors (Lipinski definition) is 0. The first kappa shape index (κ1) is 16.8. The molecule has 0 fully saturated rings. The van der Waals surface area contributed by atoms with E-state index in [0.29, 0.717) is 0 Å². The Hall–Kier alpha value is -2.24. The van der Waals surface area contributed by atoms with E-state index >= 15 is 0 Å². The van der Waals surface area contributed by atoms with E-state index < -0.39 is 23.8 Å². The fourth-order valence-corrected chi connectivity index (χ4v) is 1.44. The Morgan fingerprint density at radius 1 is 1.38 bits per heavy atom. The van der Waals surface area contributed by atoms with Crippen molar-refractivity contribution in [3.63, 3.8) is 0 Å². The molecule has 116 valence electrons. The molecule has 1 unspecified atom stereocenters. The zero-order valence-corrected chi connectivity index (χ0v) is 12.7. The zero-order chi connectivity index (χ0) is 16.0. The molecule has 0 N–H and O–H groups in total. The first-order valence-electron chi connectivity index (χ1n) is 6.53. The predicted molar refractivity (Wildman–Crippen MR) is 74.5 cm³/mol. The van der Waals surface area contributed by atoms with E-state index in [9.17, 15) is 9.59 Å². The molecule has 0 radical (unpaired) electrons. The van der Waals surface area contributed by atoms with Crippen LogP contribution in [0.5, 0.6) is 0 Å². The molecule has 0 aliphatic heterocycles. The summed E-state index contributed by atoms with van der Waals surface area (Å²) in [5, 5.41) is 0. The Morgan fingerprint density at radius 2 is 2.05 bits per heavy atom. The summed E-state index contributed by atoms with van der Waals surface area (Å²) >= 11 is 0. The Balaban J connectivity index is 2.87. The number of ether oxygens (including phenoxy) is 3. The Morgan fingerprint density at radius 3 is 2.52 bits per heavy atom. The third-order valence-corrected chi connectivity index (χ3v) is 2.26. The summed E-state index contributed by atoms with van der Waals surface area (Å²) in [5.41, 5.74) is -0.756. The molecule has 0 bridgehead atoms. The molecule has 0 amide bonds. The minimum Gasteiger partial charge on any atom is -0.465 e. The second-order valence-electron chi connectivity index (χ2n) is 5.22. The molecule has 1 rings (SSSR count). The first-order valence-corrected chi connectivity index (χ1v) is 6.53. The zero-order valence-electron chi connectivity index (χ0n) is 12.7. The largest absolute Gasteiger partial charge is 0.509 e. The highest BCUT2D eigenvalue weighted by atomic mass is 16.7. The minimum absolute atomic E-state index is 0.0438. The van der Waals surface area contributed by atoms with Crippen molar-refractivity contribution in [1.82, 2.24) is 0 Å². The Bertz CT molecular complexity index is 495. The van der Waals surface area contributed by atoms with Gasteiger partial charge in [0.2, 0.25) is 0 Å². The summed E-state index contributed by atoms with van der Waals surface area (Å²) < 4.78 is 20.2. The molecule has 0 saturated carbocycles. The Labute approximate surface area is 123 Å². The number of carbonyl (C=O) groups excluding carboxylic acids is 2. The van der Waals surface area contributed by atoms with Crippen LogP contribution in [0.2, 0.25) is 0 Å². The van der Waals surface area contributed by atoms with Crippen LogP contribution in [0.15, 0.2) is 35.0 Å². The summed E-state index contributed by atoms with van der Waals surface area (Å²) in [4.78, 5) is 23.5. The van der Waals surface area contributed by atoms with E-state index in [1.165, 1.54) is 6.26 Å². The SMILES string of the molecule is C=C(C(=O)OCC)C(OC(=O)OC(C)(C)C)c1ccco1. The molecule has 6 nitrogen and oxygen atoms in total. The molecule has 0 spiro atoms. The molecule has 0 aliphatic carbocycles. The van der Waals surface area contributed by atoms with Crippen molar-refractivity contribution in [3.8, 4) is 0 Å². The number of hydrogen-bond acceptors (Lipinski definition) is 6. The van der Waals surface area contributed by atoms with Crippen LogP contribution in [0, 0.1) is 0 Å². The fraction of sp³-hybridized carbons (Fsp3) is 0.467. The monoisotopic (exact) mass is 296 g/mol. The van der Waals surface area contributed by atoms with Crippen LogP contribution in [-0.2, 0) is 19.0 Å². The van der Waals surface area contributed by atoms with Gasteiger partial charge in [-0.05, 0) is 39.8 Å². The van der Waals surface area contributed by atoms with E-state index in [-0.39, 0.29) is 17.9 Å². The van der Waals surface area contributed by atoms with Crippen LogP contribution in [0.1, 0.15) is 39.6 Å². The second kappa shape index (κ2) is 6.97. The molecule has 6 heteroatoms. The highest BCUT2D eigenvalue weighted by Gasteiger charge is 2.30. The van der Waals surface area contributed by atoms with Gasteiger partial charge in [-0.1, -0.05) is 6.58 Å². The number of esters is 1. The summed E-state index contributed by atoms with van der Waals surface area (Å²) in [6.07, 6.45) is -0.609. The molecule has 0 saturated heterocycles. The van der Waals surface area contributed by atoms with E-state index in [1.807, 2.05) is 0 Å².